The molecule has 0 spiro atoms. The molecule has 0 aliphatic carbocycles. The van der Waals surface area contributed by atoms with Gasteiger partial charge in [-0.2, -0.15) is 0 Å². The first-order valence-electron chi connectivity index (χ1n) is 10.7. The van der Waals surface area contributed by atoms with Crippen molar-refractivity contribution >= 4 is 0 Å². The number of likely N-dealkylation sites (tertiary alicyclic amines) is 1. The standard InChI is InChI=1S/C22H36N4/c1-24-14-16-26(17-15-24)22(21-8-10-23-11-9-21)20-6-4-19(5-7-20)18-25-12-2-3-13-25/h4-7,21-23H,2-3,8-18H2,1H3. The molecule has 0 aromatic heterocycles. The second-order valence-electron chi connectivity index (χ2n) is 8.60. The minimum absolute atomic E-state index is 0.603. The summed E-state index contributed by atoms with van der Waals surface area (Å²) >= 11 is 0. The number of benzene rings is 1. The van der Waals surface area contributed by atoms with E-state index < -0.39 is 0 Å². The van der Waals surface area contributed by atoms with Gasteiger partial charge in [-0.25, -0.2) is 0 Å². The lowest BCUT2D eigenvalue weighted by atomic mass is 9.84. The van der Waals surface area contributed by atoms with Crippen molar-refractivity contribution in [2.24, 2.45) is 5.92 Å². The SMILES string of the molecule is CN1CCN(C(c2ccc(CN3CCCC3)cc2)C2CCNCC2)CC1. The van der Waals surface area contributed by atoms with Crippen molar-refractivity contribution in [3.8, 4) is 0 Å². The Labute approximate surface area is 159 Å². The molecule has 0 amide bonds. The first-order valence-corrected chi connectivity index (χ1v) is 10.7. The highest BCUT2D eigenvalue weighted by atomic mass is 15.3. The van der Waals surface area contributed by atoms with E-state index in [1.165, 1.54) is 83.6 Å². The molecule has 144 valence electrons. The molecule has 4 rings (SSSR count). The molecule has 4 nitrogen and oxygen atoms in total. The van der Waals surface area contributed by atoms with Crippen molar-refractivity contribution in [1.29, 1.82) is 0 Å². The van der Waals surface area contributed by atoms with Crippen molar-refractivity contribution < 1.29 is 0 Å². The predicted molar refractivity (Wildman–Crippen MR) is 108 cm³/mol. The normalized spacial score (nSPS) is 25.6. The van der Waals surface area contributed by atoms with Crippen LogP contribution in [0.25, 0.3) is 0 Å². The first-order chi connectivity index (χ1) is 12.8. The zero-order valence-corrected chi connectivity index (χ0v) is 16.5. The Morgan fingerprint density at radius 1 is 0.923 bits per heavy atom. The van der Waals surface area contributed by atoms with Crippen LogP contribution in [0.1, 0.15) is 42.9 Å². The minimum Gasteiger partial charge on any atom is -0.317 e. The van der Waals surface area contributed by atoms with Crippen LogP contribution >= 0.6 is 0 Å². The molecule has 1 unspecified atom stereocenters. The molecule has 4 heteroatoms. The quantitative estimate of drug-likeness (QED) is 0.875. The van der Waals surface area contributed by atoms with E-state index in [0.29, 0.717) is 6.04 Å². The van der Waals surface area contributed by atoms with Gasteiger partial charge in [-0.05, 0) is 76.0 Å². The third-order valence-corrected chi connectivity index (χ3v) is 6.69. The van der Waals surface area contributed by atoms with Crippen molar-refractivity contribution in [3.05, 3.63) is 35.4 Å². The van der Waals surface area contributed by atoms with E-state index in [1.807, 2.05) is 0 Å². The van der Waals surface area contributed by atoms with Crippen molar-refractivity contribution in [3.63, 3.8) is 0 Å². The number of hydrogen-bond donors (Lipinski definition) is 1. The monoisotopic (exact) mass is 356 g/mol. The zero-order valence-electron chi connectivity index (χ0n) is 16.5. The average molecular weight is 357 g/mol. The maximum atomic E-state index is 3.55. The molecule has 3 fully saturated rings. The second kappa shape index (κ2) is 8.83. The predicted octanol–water partition coefficient (Wildman–Crippen LogP) is 2.57. The number of nitrogens with one attached hydrogen (secondary N) is 1. The van der Waals surface area contributed by atoms with Gasteiger partial charge in [-0.15, -0.1) is 0 Å². The minimum atomic E-state index is 0.603. The van der Waals surface area contributed by atoms with Gasteiger partial charge in [0.2, 0.25) is 0 Å². The summed E-state index contributed by atoms with van der Waals surface area (Å²) < 4.78 is 0. The molecule has 3 aliphatic rings. The molecular formula is C22H36N4. The lowest BCUT2D eigenvalue weighted by molar-refractivity contribution is 0.0693. The Hall–Kier alpha value is -0.940. The summed E-state index contributed by atoms with van der Waals surface area (Å²) in [4.78, 5) is 7.83. The van der Waals surface area contributed by atoms with Crippen LogP contribution in [-0.4, -0.2) is 74.1 Å². The van der Waals surface area contributed by atoms with Crippen LogP contribution in [0.15, 0.2) is 24.3 Å². The van der Waals surface area contributed by atoms with Gasteiger partial charge >= 0.3 is 0 Å². The number of piperidine rings is 1. The van der Waals surface area contributed by atoms with Gasteiger partial charge in [-0.3, -0.25) is 9.80 Å². The lowest BCUT2D eigenvalue weighted by Gasteiger charge is -2.43. The summed E-state index contributed by atoms with van der Waals surface area (Å²) in [5.74, 6) is 0.795. The molecule has 0 saturated carbocycles. The van der Waals surface area contributed by atoms with Crippen LogP contribution in [0.4, 0.5) is 0 Å². The lowest BCUT2D eigenvalue weighted by Crippen LogP contribution is -2.48. The van der Waals surface area contributed by atoms with E-state index in [4.69, 9.17) is 0 Å². The Morgan fingerprint density at radius 3 is 2.23 bits per heavy atom. The van der Waals surface area contributed by atoms with E-state index >= 15 is 0 Å². The molecule has 0 bridgehead atoms. The molecule has 1 atom stereocenters. The fourth-order valence-electron chi connectivity index (χ4n) is 5.06. The van der Waals surface area contributed by atoms with Gasteiger partial charge in [0, 0.05) is 38.8 Å². The van der Waals surface area contributed by atoms with E-state index in [0.717, 1.165) is 12.5 Å². The third-order valence-electron chi connectivity index (χ3n) is 6.69. The number of hydrogen-bond acceptors (Lipinski definition) is 4. The molecular weight excluding hydrogens is 320 g/mol. The van der Waals surface area contributed by atoms with Crippen molar-refractivity contribution in [2.45, 2.75) is 38.3 Å². The molecule has 3 saturated heterocycles. The van der Waals surface area contributed by atoms with Gasteiger partial charge < -0.3 is 10.2 Å². The summed E-state index contributed by atoms with van der Waals surface area (Å²) in [5, 5.41) is 3.55. The first kappa shape index (κ1) is 18.4. The van der Waals surface area contributed by atoms with Gasteiger partial charge in [0.15, 0.2) is 0 Å². The highest BCUT2D eigenvalue weighted by Gasteiger charge is 2.31. The number of rotatable bonds is 5. The number of piperazine rings is 1. The molecule has 0 radical (unpaired) electrons. The smallest absolute Gasteiger partial charge is 0.0378 e. The van der Waals surface area contributed by atoms with Gasteiger partial charge in [0.25, 0.3) is 0 Å². The summed E-state index contributed by atoms with van der Waals surface area (Å²) in [6, 6.07) is 10.3. The summed E-state index contributed by atoms with van der Waals surface area (Å²) in [7, 11) is 2.25. The van der Waals surface area contributed by atoms with Crippen LogP contribution in [0, 0.1) is 5.92 Å². The van der Waals surface area contributed by atoms with Gasteiger partial charge in [0.05, 0.1) is 0 Å². The maximum Gasteiger partial charge on any atom is 0.0378 e. The maximum absolute atomic E-state index is 3.55. The topological polar surface area (TPSA) is 21.8 Å². The number of likely N-dealkylation sites (N-methyl/N-ethyl adjacent to an activating group) is 1. The van der Waals surface area contributed by atoms with Crippen LogP contribution in [0.5, 0.6) is 0 Å². The van der Waals surface area contributed by atoms with Crippen LogP contribution in [0.2, 0.25) is 0 Å². The van der Waals surface area contributed by atoms with Crippen LogP contribution < -0.4 is 5.32 Å². The summed E-state index contributed by atoms with van der Waals surface area (Å²) in [6.07, 6.45) is 5.37. The fourth-order valence-corrected chi connectivity index (χ4v) is 5.06. The summed E-state index contributed by atoms with van der Waals surface area (Å²) in [5.41, 5.74) is 3.03. The largest absolute Gasteiger partial charge is 0.317 e. The molecule has 1 aromatic rings. The van der Waals surface area contributed by atoms with Crippen molar-refractivity contribution in [1.82, 2.24) is 20.0 Å². The van der Waals surface area contributed by atoms with Crippen LogP contribution in [0.3, 0.4) is 0 Å². The Balaban J connectivity index is 1.48. The Bertz CT molecular complexity index is 538. The average Bonchev–Trinajstić information content (AvgIpc) is 3.19. The summed E-state index contributed by atoms with van der Waals surface area (Å²) in [6.45, 7) is 10.9. The Kier molecular flexibility index (Phi) is 6.26. The van der Waals surface area contributed by atoms with Crippen molar-refractivity contribution in [2.75, 3.05) is 59.4 Å². The van der Waals surface area contributed by atoms with E-state index in [9.17, 15) is 0 Å². The van der Waals surface area contributed by atoms with E-state index in [-0.39, 0.29) is 0 Å². The number of nitrogens with zero attached hydrogens (tertiary/aromatic N) is 3. The molecule has 26 heavy (non-hydrogen) atoms. The highest BCUT2D eigenvalue weighted by Crippen LogP contribution is 2.35. The van der Waals surface area contributed by atoms with E-state index in [2.05, 4.69) is 51.3 Å². The second-order valence-corrected chi connectivity index (χ2v) is 8.60. The van der Waals surface area contributed by atoms with Gasteiger partial charge in [0.1, 0.15) is 0 Å². The van der Waals surface area contributed by atoms with Gasteiger partial charge in [-0.1, -0.05) is 24.3 Å². The third kappa shape index (κ3) is 4.48. The molecule has 3 heterocycles. The highest BCUT2D eigenvalue weighted by molar-refractivity contribution is 5.26. The zero-order chi connectivity index (χ0) is 17.8. The van der Waals surface area contributed by atoms with Crippen LogP contribution in [-0.2, 0) is 6.54 Å². The molecule has 1 aromatic carbocycles. The Morgan fingerprint density at radius 2 is 1.58 bits per heavy atom. The fraction of sp³-hybridized carbons (Fsp3) is 0.727. The molecule has 3 aliphatic heterocycles. The molecule has 1 N–H and O–H groups in total. The van der Waals surface area contributed by atoms with E-state index in [1.54, 1.807) is 5.56 Å².